The molecule has 0 amide bonds. The van der Waals surface area contributed by atoms with Gasteiger partial charge in [0, 0.05) is 44.8 Å². The summed E-state index contributed by atoms with van der Waals surface area (Å²) in [6.07, 6.45) is 9.33. The minimum Gasteiger partial charge on any atom is -0.309 e. The smallest absolute Gasteiger partial charge is 0.0544 e. The van der Waals surface area contributed by atoms with E-state index in [0.29, 0.717) is 17.8 Å². The molecule has 268 valence electrons. The molecule has 0 spiro atoms. The number of benzene rings is 8. The van der Waals surface area contributed by atoms with Crippen molar-refractivity contribution in [1.29, 1.82) is 0 Å². The number of para-hydroxylation sites is 2. The van der Waals surface area contributed by atoms with Gasteiger partial charge in [0.15, 0.2) is 0 Å². The standard InChI is InChI=1S/C55H38N2/c1-4-15-36(16-5-1)38-19-14-22-42(31-38)57-51-26-13-12-24-44(51)47-32-39(27-29-52(47)57)40-28-30-53-48(33-40)49-34-46-43-23-10-11-25-45(43)55(37-17-6-2-7-18-37)50(46)35-54(49)56(53)41-20-8-3-9-21-41/h1-35,43,45,55H. The van der Waals surface area contributed by atoms with Gasteiger partial charge in [-0.15, -0.1) is 0 Å². The van der Waals surface area contributed by atoms with Gasteiger partial charge in [0.2, 0.25) is 0 Å². The molecule has 2 heteroatoms. The first-order valence-corrected chi connectivity index (χ1v) is 20.1. The van der Waals surface area contributed by atoms with E-state index in [9.17, 15) is 0 Å². The summed E-state index contributed by atoms with van der Waals surface area (Å²) < 4.78 is 4.90. The van der Waals surface area contributed by atoms with Crippen molar-refractivity contribution >= 4 is 43.6 Å². The van der Waals surface area contributed by atoms with Crippen LogP contribution in [0.1, 0.15) is 28.5 Å². The summed E-state index contributed by atoms with van der Waals surface area (Å²) >= 11 is 0. The van der Waals surface area contributed by atoms with E-state index in [0.717, 1.165) is 5.69 Å². The number of nitrogens with zero attached hydrogens (tertiary/aromatic N) is 2. The first kappa shape index (κ1) is 32.1. The second kappa shape index (κ2) is 12.7. The van der Waals surface area contributed by atoms with Crippen molar-refractivity contribution in [3.63, 3.8) is 0 Å². The molecule has 2 heterocycles. The Hall–Kier alpha value is -7.16. The minimum atomic E-state index is 0.310. The average Bonchev–Trinajstić information content (AvgIpc) is 3.91. The van der Waals surface area contributed by atoms with Crippen LogP contribution >= 0.6 is 0 Å². The van der Waals surface area contributed by atoms with Crippen LogP contribution in [0, 0.1) is 5.92 Å². The van der Waals surface area contributed by atoms with Gasteiger partial charge in [0.1, 0.15) is 0 Å². The van der Waals surface area contributed by atoms with Crippen LogP contribution in [0.3, 0.4) is 0 Å². The third-order valence-electron chi connectivity index (χ3n) is 12.6. The van der Waals surface area contributed by atoms with E-state index in [2.05, 4.69) is 221 Å². The molecule has 12 rings (SSSR count). The lowest BCUT2D eigenvalue weighted by molar-refractivity contribution is 0.567. The first-order chi connectivity index (χ1) is 28.3. The van der Waals surface area contributed by atoms with E-state index in [1.807, 2.05) is 0 Å². The fraction of sp³-hybridized carbons (Fsp3) is 0.0545. The number of hydrogen-bond acceptors (Lipinski definition) is 0. The molecule has 2 aromatic heterocycles. The lowest BCUT2D eigenvalue weighted by Gasteiger charge is -2.23. The minimum absolute atomic E-state index is 0.310. The Kier molecular flexibility index (Phi) is 7.15. The van der Waals surface area contributed by atoms with Crippen molar-refractivity contribution in [3.8, 4) is 33.6 Å². The van der Waals surface area contributed by atoms with Crippen LogP contribution in [0.15, 0.2) is 212 Å². The Morgan fingerprint density at radius 3 is 1.67 bits per heavy atom. The predicted molar refractivity (Wildman–Crippen MR) is 239 cm³/mol. The van der Waals surface area contributed by atoms with E-state index in [1.54, 1.807) is 0 Å². The van der Waals surface area contributed by atoms with Crippen LogP contribution < -0.4 is 0 Å². The van der Waals surface area contributed by atoms with Gasteiger partial charge in [-0.2, -0.15) is 0 Å². The molecule has 57 heavy (non-hydrogen) atoms. The average molecular weight is 727 g/mol. The Bertz CT molecular complexity index is 3240. The zero-order chi connectivity index (χ0) is 37.5. The molecule has 0 saturated carbocycles. The first-order valence-electron chi connectivity index (χ1n) is 20.1. The van der Waals surface area contributed by atoms with Crippen LogP contribution in [0.5, 0.6) is 0 Å². The van der Waals surface area contributed by atoms with Gasteiger partial charge < -0.3 is 9.13 Å². The van der Waals surface area contributed by atoms with Gasteiger partial charge in [-0.05, 0) is 112 Å². The Balaban J connectivity index is 1.05. The summed E-state index contributed by atoms with van der Waals surface area (Å²) in [5.74, 6) is 1.07. The largest absolute Gasteiger partial charge is 0.309 e. The van der Waals surface area contributed by atoms with E-state index >= 15 is 0 Å². The number of allylic oxidation sites excluding steroid dienone is 4. The third kappa shape index (κ3) is 4.97. The molecule has 10 aromatic rings. The molecule has 2 aliphatic carbocycles. The van der Waals surface area contributed by atoms with Crippen LogP contribution in [0.2, 0.25) is 0 Å². The molecule has 0 saturated heterocycles. The van der Waals surface area contributed by atoms with Crippen LogP contribution in [0.4, 0.5) is 0 Å². The molecular formula is C55H38N2. The van der Waals surface area contributed by atoms with Crippen molar-refractivity contribution < 1.29 is 0 Å². The molecule has 0 fully saturated rings. The number of hydrogen-bond donors (Lipinski definition) is 0. The summed E-state index contributed by atoms with van der Waals surface area (Å²) in [7, 11) is 0. The van der Waals surface area contributed by atoms with Crippen molar-refractivity contribution in [2.75, 3.05) is 0 Å². The van der Waals surface area contributed by atoms with Crippen LogP contribution in [0.25, 0.3) is 77.2 Å². The lowest BCUT2D eigenvalue weighted by Crippen LogP contribution is -2.11. The molecule has 3 atom stereocenters. The maximum absolute atomic E-state index is 2.53. The van der Waals surface area contributed by atoms with Gasteiger partial charge in [0.25, 0.3) is 0 Å². The Morgan fingerprint density at radius 1 is 0.333 bits per heavy atom. The molecule has 3 unspecified atom stereocenters. The fourth-order valence-electron chi connectivity index (χ4n) is 10.1. The molecule has 0 aliphatic heterocycles. The zero-order valence-corrected chi connectivity index (χ0v) is 31.3. The summed E-state index contributed by atoms with van der Waals surface area (Å²) in [6, 6.07) is 69.5. The van der Waals surface area contributed by atoms with Crippen molar-refractivity contribution in [3.05, 3.63) is 229 Å². The molecule has 2 nitrogen and oxygen atoms in total. The van der Waals surface area contributed by atoms with Gasteiger partial charge >= 0.3 is 0 Å². The maximum Gasteiger partial charge on any atom is 0.0544 e. The summed E-state index contributed by atoms with van der Waals surface area (Å²) in [5, 5.41) is 5.10. The summed E-state index contributed by atoms with van der Waals surface area (Å²) in [4.78, 5) is 0. The van der Waals surface area contributed by atoms with Crippen LogP contribution in [-0.2, 0) is 0 Å². The summed E-state index contributed by atoms with van der Waals surface area (Å²) in [5.41, 5.74) is 16.4. The second-order valence-electron chi connectivity index (χ2n) is 15.7. The van der Waals surface area contributed by atoms with E-state index in [1.165, 1.54) is 88.2 Å². The SMILES string of the molecule is C1=CC2c3cc4c5cc(-c6ccc7c(c6)c6ccccc6n7-c6cccc(-c7ccccc7)c6)ccc5n(-c5ccccc5)c4cc3C(c3ccccc3)C2C=C1. The maximum atomic E-state index is 2.53. The predicted octanol–water partition coefficient (Wildman–Crippen LogP) is 14.2. The van der Waals surface area contributed by atoms with E-state index in [4.69, 9.17) is 0 Å². The highest BCUT2D eigenvalue weighted by Gasteiger charge is 2.40. The second-order valence-corrected chi connectivity index (χ2v) is 15.7. The monoisotopic (exact) mass is 726 g/mol. The molecule has 2 aliphatic rings. The summed E-state index contributed by atoms with van der Waals surface area (Å²) in [6.45, 7) is 0. The fourth-order valence-corrected chi connectivity index (χ4v) is 10.1. The molecule has 8 aromatic carbocycles. The molecule has 0 radical (unpaired) electrons. The van der Waals surface area contributed by atoms with Gasteiger partial charge in [-0.25, -0.2) is 0 Å². The van der Waals surface area contributed by atoms with E-state index < -0.39 is 0 Å². The van der Waals surface area contributed by atoms with E-state index in [-0.39, 0.29) is 0 Å². The molecule has 0 bridgehead atoms. The highest BCUT2D eigenvalue weighted by Crippen LogP contribution is 2.54. The Morgan fingerprint density at radius 2 is 0.895 bits per heavy atom. The zero-order valence-electron chi connectivity index (χ0n) is 31.3. The quantitative estimate of drug-likeness (QED) is 0.167. The molecule has 0 N–H and O–H groups in total. The van der Waals surface area contributed by atoms with Gasteiger partial charge in [0.05, 0.1) is 22.1 Å². The van der Waals surface area contributed by atoms with Crippen molar-refractivity contribution in [2.45, 2.75) is 11.8 Å². The highest BCUT2D eigenvalue weighted by atomic mass is 15.0. The highest BCUT2D eigenvalue weighted by molar-refractivity contribution is 6.13. The van der Waals surface area contributed by atoms with Crippen LogP contribution in [-0.4, -0.2) is 9.13 Å². The lowest BCUT2D eigenvalue weighted by atomic mass is 9.80. The third-order valence-corrected chi connectivity index (χ3v) is 12.6. The molecular weight excluding hydrogens is 689 g/mol. The van der Waals surface area contributed by atoms with Gasteiger partial charge in [-0.1, -0.05) is 146 Å². The number of rotatable bonds is 5. The van der Waals surface area contributed by atoms with Crippen molar-refractivity contribution in [2.24, 2.45) is 5.92 Å². The van der Waals surface area contributed by atoms with Crippen molar-refractivity contribution in [1.82, 2.24) is 9.13 Å². The topological polar surface area (TPSA) is 9.86 Å². The normalized spacial score (nSPS) is 17.2. The number of aromatic nitrogens is 2. The Labute approximate surface area is 331 Å². The number of fused-ring (bicyclic) bond motifs is 9. The van der Waals surface area contributed by atoms with Gasteiger partial charge in [-0.3, -0.25) is 0 Å².